The molecule has 0 bridgehead atoms. The normalized spacial score (nSPS) is 18.7. The van der Waals surface area contributed by atoms with Crippen LogP contribution in [0.15, 0.2) is 164 Å². The first kappa shape index (κ1) is 32.8. The Labute approximate surface area is 328 Å². The van der Waals surface area contributed by atoms with Gasteiger partial charge in [-0.1, -0.05) is 135 Å². The number of hydrogen-bond acceptors (Lipinski definition) is 2. The molecule has 0 spiro atoms. The molecule has 0 radical (unpaired) electrons. The smallest absolute Gasteiger partial charge is 0.187 e. The van der Waals surface area contributed by atoms with E-state index in [1.165, 1.54) is 83.5 Å². The number of nitrogens with zero attached hydrogens (tertiary/aromatic N) is 2. The molecule has 0 amide bonds. The summed E-state index contributed by atoms with van der Waals surface area (Å²) in [6.07, 6.45) is 15.4. The lowest BCUT2D eigenvalue weighted by Gasteiger charge is -2.28. The lowest BCUT2D eigenvalue weighted by atomic mass is 9.88. The number of ether oxygens (including phenoxy) is 1. The third-order valence-corrected chi connectivity index (χ3v) is 12.5. The van der Waals surface area contributed by atoms with Crippen molar-refractivity contribution in [1.29, 1.82) is 0 Å². The van der Waals surface area contributed by atoms with Gasteiger partial charge in [-0.2, -0.15) is 0 Å². The van der Waals surface area contributed by atoms with Gasteiger partial charge >= 0.3 is 0 Å². The highest BCUT2D eigenvalue weighted by Crippen LogP contribution is 2.55. The van der Waals surface area contributed by atoms with E-state index < -0.39 is 0 Å². The number of hydrogen-bond donors (Lipinski definition) is 0. The molecule has 270 valence electrons. The van der Waals surface area contributed by atoms with Crippen LogP contribution < -0.4 is 9.64 Å². The number of anilines is 1. The molecule has 0 saturated heterocycles. The molecule has 0 saturated carbocycles. The first-order chi connectivity index (χ1) is 27.6. The van der Waals surface area contributed by atoms with E-state index in [0.717, 1.165) is 30.0 Å². The Hall–Kier alpha value is -6.58. The fourth-order valence-electron chi connectivity index (χ4n) is 10.1. The molecule has 3 heterocycles. The zero-order valence-corrected chi connectivity index (χ0v) is 31.7. The molecular weight excluding hydrogens is 681 g/mol. The summed E-state index contributed by atoms with van der Waals surface area (Å²) in [5, 5.41) is 2.49. The third kappa shape index (κ3) is 4.70. The van der Waals surface area contributed by atoms with Crippen LogP contribution in [0.3, 0.4) is 0 Å². The van der Waals surface area contributed by atoms with Crippen LogP contribution in [-0.2, 0) is 0 Å². The van der Waals surface area contributed by atoms with Gasteiger partial charge in [-0.05, 0) is 112 Å². The monoisotopic (exact) mass is 722 g/mol. The van der Waals surface area contributed by atoms with E-state index in [0.29, 0.717) is 0 Å². The Morgan fingerprint density at radius 1 is 0.714 bits per heavy atom. The summed E-state index contributed by atoms with van der Waals surface area (Å²) in [6.45, 7) is 8.70. The van der Waals surface area contributed by atoms with E-state index >= 15 is 0 Å². The van der Waals surface area contributed by atoms with Crippen LogP contribution in [0.1, 0.15) is 72.2 Å². The molecule has 0 N–H and O–H groups in total. The summed E-state index contributed by atoms with van der Waals surface area (Å²) in [4.78, 5) is 2.41. The van der Waals surface area contributed by atoms with Gasteiger partial charge in [-0.15, -0.1) is 0 Å². The molecule has 2 aliphatic heterocycles. The predicted octanol–water partition coefficient (Wildman–Crippen LogP) is 13.7. The van der Waals surface area contributed by atoms with Gasteiger partial charge < -0.3 is 14.2 Å². The molecule has 56 heavy (non-hydrogen) atoms. The molecule has 4 aliphatic rings. The molecule has 1 aromatic heterocycles. The van der Waals surface area contributed by atoms with E-state index in [1.807, 2.05) is 6.08 Å². The third-order valence-electron chi connectivity index (χ3n) is 12.5. The van der Waals surface area contributed by atoms with Crippen molar-refractivity contribution in [3.8, 4) is 44.8 Å². The summed E-state index contributed by atoms with van der Waals surface area (Å²) in [5.74, 6) is 1.37. The lowest BCUT2D eigenvalue weighted by molar-refractivity contribution is 0.230. The van der Waals surface area contributed by atoms with Gasteiger partial charge in [-0.3, -0.25) is 0 Å². The number of benzene rings is 6. The van der Waals surface area contributed by atoms with Crippen LogP contribution in [0, 0.1) is 0 Å². The number of fused-ring (bicyclic) bond motifs is 9. The van der Waals surface area contributed by atoms with E-state index in [4.69, 9.17) is 4.74 Å². The van der Waals surface area contributed by atoms with Crippen molar-refractivity contribution in [3.63, 3.8) is 0 Å². The average Bonchev–Trinajstić information content (AvgIpc) is 3.96. The quantitative estimate of drug-likeness (QED) is 0.170. The summed E-state index contributed by atoms with van der Waals surface area (Å²) in [5.41, 5.74) is 18.8. The molecule has 3 atom stereocenters. The minimum atomic E-state index is -0.0865. The molecule has 11 rings (SSSR count). The highest BCUT2D eigenvalue weighted by Gasteiger charge is 2.47. The molecule has 6 aromatic carbocycles. The predicted molar refractivity (Wildman–Crippen MR) is 234 cm³/mol. The van der Waals surface area contributed by atoms with Crippen LogP contribution in [0.2, 0.25) is 0 Å². The van der Waals surface area contributed by atoms with Crippen LogP contribution in [0.5, 0.6) is 5.75 Å². The lowest BCUT2D eigenvalue weighted by Crippen LogP contribution is -2.35. The number of rotatable bonds is 6. The van der Waals surface area contributed by atoms with Crippen LogP contribution in [0.25, 0.3) is 62.0 Å². The fraction of sp³-hybridized carbons (Fsp3) is 0.132. The second kappa shape index (κ2) is 12.7. The molecule has 2 aliphatic carbocycles. The van der Waals surface area contributed by atoms with Gasteiger partial charge in [0.25, 0.3) is 0 Å². The number of aromatic nitrogens is 1. The van der Waals surface area contributed by atoms with Gasteiger partial charge in [0.05, 0.1) is 11.6 Å². The average molecular weight is 723 g/mol. The van der Waals surface area contributed by atoms with E-state index in [-0.39, 0.29) is 18.1 Å². The van der Waals surface area contributed by atoms with Crippen LogP contribution in [0.4, 0.5) is 5.69 Å². The summed E-state index contributed by atoms with van der Waals surface area (Å²) in [6, 6.07) is 47.0. The van der Waals surface area contributed by atoms with Gasteiger partial charge in [0.1, 0.15) is 5.75 Å². The minimum Gasteiger partial charge on any atom is -0.469 e. The second-order valence-electron chi connectivity index (χ2n) is 15.4. The van der Waals surface area contributed by atoms with Crippen molar-refractivity contribution in [2.24, 2.45) is 0 Å². The van der Waals surface area contributed by atoms with E-state index in [1.54, 1.807) is 0 Å². The van der Waals surface area contributed by atoms with E-state index in [2.05, 4.69) is 188 Å². The van der Waals surface area contributed by atoms with Gasteiger partial charge in [-0.25, -0.2) is 0 Å². The number of para-hydroxylation sites is 2. The summed E-state index contributed by atoms with van der Waals surface area (Å²) < 4.78 is 9.35. The van der Waals surface area contributed by atoms with Gasteiger partial charge in [0.2, 0.25) is 0 Å². The topological polar surface area (TPSA) is 17.4 Å². The molecule has 7 aromatic rings. The summed E-state index contributed by atoms with van der Waals surface area (Å²) >= 11 is 0. The SMILES string of the molecule is C=Cc1c(/C=C\C)c2c(n1-c1ccccc1)C(C)c1cc(-c3ccc(-c4ccc5c(c4)OC4C5c5ccccc5N4C4=CCCC=C4)c4ccccc34)ccc1-2. The van der Waals surface area contributed by atoms with Crippen molar-refractivity contribution >= 4 is 28.6 Å². The molecule has 3 heteroatoms. The van der Waals surface area contributed by atoms with Gasteiger partial charge in [0.15, 0.2) is 6.23 Å². The highest BCUT2D eigenvalue weighted by atomic mass is 16.5. The molecule has 3 nitrogen and oxygen atoms in total. The maximum absolute atomic E-state index is 6.93. The fourth-order valence-corrected chi connectivity index (χ4v) is 10.1. The summed E-state index contributed by atoms with van der Waals surface area (Å²) in [7, 11) is 0. The standard InChI is InChI=1S/C53H42N2O/c1-4-16-43-47(5-2)54(36-17-8-6-9-18-36)52-33(3)46-31-34(25-27-42(46)50(43)52)38-29-30-39(41-22-13-12-21-40(38)41)35-26-28-45-49(32-35)56-53-51(45)44-23-14-15-24-48(44)55(53)37-19-10-7-11-20-37/h4-6,8-10,12-33,51,53H,2,7,11H2,1,3H3/b16-4-. The first-order valence-corrected chi connectivity index (χ1v) is 20.0. The number of allylic oxidation sites excluding steroid dienone is 4. The zero-order chi connectivity index (χ0) is 37.5. The van der Waals surface area contributed by atoms with Crippen molar-refractivity contribution in [2.75, 3.05) is 4.90 Å². The van der Waals surface area contributed by atoms with Crippen molar-refractivity contribution in [1.82, 2.24) is 4.57 Å². The largest absolute Gasteiger partial charge is 0.469 e. The van der Waals surface area contributed by atoms with Crippen molar-refractivity contribution < 1.29 is 4.74 Å². The Kier molecular flexibility index (Phi) is 7.47. The molecule has 3 unspecified atom stereocenters. The zero-order valence-electron chi connectivity index (χ0n) is 31.7. The van der Waals surface area contributed by atoms with Crippen LogP contribution >= 0.6 is 0 Å². The van der Waals surface area contributed by atoms with Crippen molar-refractivity contribution in [3.05, 3.63) is 198 Å². The molecule has 0 fully saturated rings. The Morgan fingerprint density at radius 2 is 1.43 bits per heavy atom. The van der Waals surface area contributed by atoms with Crippen LogP contribution in [-0.4, -0.2) is 10.8 Å². The van der Waals surface area contributed by atoms with Crippen molar-refractivity contribution in [2.45, 2.75) is 44.8 Å². The first-order valence-electron chi connectivity index (χ1n) is 20.0. The van der Waals surface area contributed by atoms with E-state index in [9.17, 15) is 0 Å². The van der Waals surface area contributed by atoms with Gasteiger partial charge in [0, 0.05) is 45.4 Å². The Bertz CT molecular complexity index is 2850. The Balaban J connectivity index is 0.985. The highest BCUT2D eigenvalue weighted by molar-refractivity contribution is 6.05. The molecular formula is C53H42N2O. The maximum Gasteiger partial charge on any atom is 0.187 e. The minimum absolute atomic E-state index is 0.0865. The Morgan fingerprint density at radius 3 is 2.18 bits per heavy atom. The second-order valence-corrected chi connectivity index (χ2v) is 15.4. The maximum atomic E-state index is 6.93.